The fourth-order valence-corrected chi connectivity index (χ4v) is 1.87. The largest absolute Gasteiger partial charge is 0.490 e. The monoisotopic (exact) mass is 313 g/mol. The zero-order valence-corrected chi connectivity index (χ0v) is 11.8. The summed E-state index contributed by atoms with van der Waals surface area (Å²) in [5, 5.41) is 2.95. The Morgan fingerprint density at radius 1 is 1.44 bits per heavy atom. The summed E-state index contributed by atoms with van der Waals surface area (Å²) in [6.07, 6.45) is 2.14. The Balaban J connectivity index is 2.08. The van der Waals surface area contributed by atoms with Crippen LogP contribution >= 0.6 is 15.9 Å². The summed E-state index contributed by atoms with van der Waals surface area (Å²) in [7, 11) is 1.62. The van der Waals surface area contributed by atoms with E-state index in [1.807, 2.05) is 6.07 Å². The van der Waals surface area contributed by atoms with Crippen molar-refractivity contribution in [3.8, 4) is 5.75 Å². The van der Waals surface area contributed by atoms with Gasteiger partial charge in [0.05, 0.1) is 12.2 Å². The Labute approximate surface area is 115 Å². The standard InChI is InChI=1S/C13H16BrNO3/c1-17-6-7-18-12-8-9(14)2-5-11(12)13(16)15-10-3-4-10/h2,5,8,10H,3-4,6-7H2,1H3,(H,15,16). The highest BCUT2D eigenvalue weighted by atomic mass is 79.9. The lowest BCUT2D eigenvalue weighted by molar-refractivity contribution is 0.0943. The van der Waals surface area contributed by atoms with Gasteiger partial charge >= 0.3 is 0 Å². The molecule has 0 aliphatic heterocycles. The summed E-state index contributed by atoms with van der Waals surface area (Å²) >= 11 is 3.37. The lowest BCUT2D eigenvalue weighted by atomic mass is 10.2. The zero-order chi connectivity index (χ0) is 13.0. The van der Waals surface area contributed by atoms with Crippen molar-refractivity contribution in [2.24, 2.45) is 0 Å². The minimum Gasteiger partial charge on any atom is -0.490 e. The Kier molecular flexibility index (Phi) is 4.60. The van der Waals surface area contributed by atoms with Crippen LogP contribution in [0.15, 0.2) is 22.7 Å². The summed E-state index contributed by atoms with van der Waals surface area (Å²) < 4.78 is 11.4. The number of carbonyl (C=O) groups is 1. The molecule has 0 spiro atoms. The molecule has 0 heterocycles. The molecule has 1 aliphatic rings. The maximum Gasteiger partial charge on any atom is 0.255 e. The summed E-state index contributed by atoms with van der Waals surface area (Å²) in [6.45, 7) is 0.923. The van der Waals surface area contributed by atoms with Crippen molar-refractivity contribution in [3.63, 3.8) is 0 Å². The average molecular weight is 314 g/mol. The molecule has 1 aromatic carbocycles. The Morgan fingerprint density at radius 2 is 2.22 bits per heavy atom. The number of rotatable bonds is 6. The average Bonchev–Trinajstić information content (AvgIpc) is 3.13. The van der Waals surface area contributed by atoms with Crippen molar-refractivity contribution in [2.45, 2.75) is 18.9 Å². The highest BCUT2D eigenvalue weighted by molar-refractivity contribution is 9.10. The van der Waals surface area contributed by atoms with E-state index in [0.717, 1.165) is 17.3 Å². The van der Waals surface area contributed by atoms with Gasteiger partial charge in [0.1, 0.15) is 12.4 Å². The summed E-state index contributed by atoms with van der Waals surface area (Å²) in [5.41, 5.74) is 0.571. The van der Waals surface area contributed by atoms with Gasteiger partial charge in [0.15, 0.2) is 0 Å². The highest BCUT2D eigenvalue weighted by Gasteiger charge is 2.25. The summed E-state index contributed by atoms with van der Waals surface area (Å²) in [4.78, 5) is 12.0. The third-order valence-corrected chi connectivity index (χ3v) is 3.14. The van der Waals surface area contributed by atoms with E-state index < -0.39 is 0 Å². The van der Waals surface area contributed by atoms with Crippen molar-refractivity contribution in [3.05, 3.63) is 28.2 Å². The molecule has 1 aliphatic carbocycles. The third-order valence-electron chi connectivity index (χ3n) is 2.65. The SMILES string of the molecule is COCCOc1cc(Br)ccc1C(=O)NC1CC1. The van der Waals surface area contributed by atoms with Crippen LogP contribution in [0.25, 0.3) is 0 Å². The number of nitrogens with one attached hydrogen (secondary N) is 1. The van der Waals surface area contributed by atoms with Gasteiger partial charge in [-0.15, -0.1) is 0 Å². The lowest BCUT2D eigenvalue weighted by Gasteiger charge is -2.11. The predicted octanol–water partition coefficient (Wildman–Crippen LogP) is 2.37. The van der Waals surface area contributed by atoms with Gasteiger partial charge in [0.25, 0.3) is 5.91 Å². The second-order valence-corrected chi connectivity index (χ2v) is 5.15. The molecular formula is C13H16BrNO3. The van der Waals surface area contributed by atoms with Crippen LogP contribution in [-0.4, -0.2) is 32.3 Å². The molecule has 1 fully saturated rings. The first-order valence-corrected chi connectivity index (χ1v) is 6.72. The first kappa shape index (κ1) is 13.4. The topological polar surface area (TPSA) is 47.6 Å². The predicted molar refractivity (Wildman–Crippen MR) is 72.0 cm³/mol. The quantitative estimate of drug-likeness (QED) is 0.820. The van der Waals surface area contributed by atoms with E-state index in [0.29, 0.717) is 30.6 Å². The Bertz CT molecular complexity index is 432. The molecule has 2 rings (SSSR count). The van der Waals surface area contributed by atoms with Crippen molar-refractivity contribution in [1.82, 2.24) is 5.32 Å². The molecule has 98 valence electrons. The van der Waals surface area contributed by atoms with Crippen LogP contribution in [0.1, 0.15) is 23.2 Å². The third kappa shape index (κ3) is 3.71. The molecule has 4 nitrogen and oxygen atoms in total. The van der Waals surface area contributed by atoms with Crippen LogP contribution in [-0.2, 0) is 4.74 Å². The maximum atomic E-state index is 12.0. The minimum atomic E-state index is -0.0718. The first-order chi connectivity index (χ1) is 8.70. The zero-order valence-electron chi connectivity index (χ0n) is 10.2. The summed E-state index contributed by atoms with van der Waals surface area (Å²) in [5.74, 6) is 0.511. The van der Waals surface area contributed by atoms with Gasteiger partial charge in [-0.25, -0.2) is 0 Å². The second kappa shape index (κ2) is 6.20. The molecule has 0 bridgehead atoms. The number of amides is 1. The second-order valence-electron chi connectivity index (χ2n) is 4.23. The van der Waals surface area contributed by atoms with Gasteiger partial charge in [-0.2, -0.15) is 0 Å². The number of hydrogen-bond donors (Lipinski definition) is 1. The number of methoxy groups -OCH3 is 1. The lowest BCUT2D eigenvalue weighted by Crippen LogP contribution is -2.26. The van der Waals surface area contributed by atoms with Crippen molar-refractivity contribution < 1.29 is 14.3 Å². The molecule has 1 saturated carbocycles. The fourth-order valence-electron chi connectivity index (χ4n) is 1.53. The van der Waals surface area contributed by atoms with E-state index in [9.17, 15) is 4.79 Å². The van der Waals surface area contributed by atoms with Crippen LogP contribution in [0, 0.1) is 0 Å². The normalized spacial score (nSPS) is 14.3. The molecule has 0 atom stereocenters. The molecule has 0 saturated heterocycles. The number of ether oxygens (including phenoxy) is 2. The van der Waals surface area contributed by atoms with Crippen LogP contribution in [0.5, 0.6) is 5.75 Å². The molecule has 18 heavy (non-hydrogen) atoms. The number of carbonyl (C=O) groups excluding carboxylic acids is 1. The van der Waals surface area contributed by atoms with E-state index in [-0.39, 0.29) is 5.91 Å². The maximum absolute atomic E-state index is 12.0. The van der Waals surface area contributed by atoms with E-state index in [1.54, 1.807) is 19.2 Å². The highest BCUT2D eigenvalue weighted by Crippen LogP contribution is 2.25. The van der Waals surface area contributed by atoms with E-state index in [2.05, 4.69) is 21.2 Å². The van der Waals surface area contributed by atoms with Gasteiger partial charge in [0, 0.05) is 17.6 Å². The van der Waals surface area contributed by atoms with Crippen LogP contribution in [0.3, 0.4) is 0 Å². The number of hydrogen-bond acceptors (Lipinski definition) is 3. The van der Waals surface area contributed by atoms with Gasteiger partial charge < -0.3 is 14.8 Å². The van der Waals surface area contributed by atoms with Crippen LogP contribution < -0.4 is 10.1 Å². The van der Waals surface area contributed by atoms with E-state index in [4.69, 9.17) is 9.47 Å². The molecular weight excluding hydrogens is 298 g/mol. The summed E-state index contributed by atoms with van der Waals surface area (Å²) in [6, 6.07) is 5.75. The van der Waals surface area contributed by atoms with Crippen LogP contribution in [0.2, 0.25) is 0 Å². The van der Waals surface area contributed by atoms with Crippen LogP contribution in [0.4, 0.5) is 0 Å². The molecule has 0 radical (unpaired) electrons. The Hall–Kier alpha value is -1.07. The first-order valence-electron chi connectivity index (χ1n) is 5.93. The molecule has 0 unspecified atom stereocenters. The molecule has 5 heteroatoms. The van der Waals surface area contributed by atoms with Crippen molar-refractivity contribution >= 4 is 21.8 Å². The fraction of sp³-hybridized carbons (Fsp3) is 0.462. The number of halogens is 1. The molecule has 1 amide bonds. The van der Waals surface area contributed by atoms with Gasteiger partial charge in [-0.05, 0) is 31.0 Å². The van der Waals surface area contributed by atoms with E-state index >= 15 is 0 Å². The Morgan fingerprint density at radius 3 is 2.89 bits per heavy atom. The molecule has 1 aromatic rings. The van der Waals surface area contributed by atoms with Gasteiger partial charge in [0.2, 0.25) is 0 Å². The van der Waals surface area contributed by atoms with Crippen molar-refractivity contribution in [2.75, 3.05) is 20.3 Å². The van der Waals surface area contributed by atoms with E-state index in [1.165, 1.54) is 0 Å². The van der Waals surface area contributed by atoms with Crippen molar-refractivity contribution in [1.29, 1.82) is 0 Å². The smallest absolute Gasteiger partial charge is 0.255 e. The van der Waals surface area contributed by atoms with Gasteiger partial charge in [-0.1, -0.05) is 15.9 Å². The molecule has 0 aromatic heterocycles. The number of benzene rings is 1. The minimum absolute atomic E-state index is 0.0718. The van der Waals surface area contributed by atoms with Gasteiger partial charge in [-0.3, -0.25) is 4.79 Å². The molecule has 1 N–H and O–H groups in total.